The monoisotopic (exact) mass is 250 g/mol. The van der Waals surface area contributed by atoms with Gasteiger partial charge < -0.3 is 4.74 Å². The Morgan fingerprint density at radius 3 is 1.83 bits per heavy atom. The van der Waals surface area contributed by atoms with E-state index >= 15 is 0 Å². The Labute approximate surface area is 113 Å². The summed E-state index contributed by atoms with van der Waals surface area (Å²) in [6.45, 7) is 3.93. The SMILES string of the molecule is C=CC1CCC(CCC2CCC(OC)CC2)CC1. The quantitative estimate of drug-likeness (QED) is 0.626. The van der Waals surface area contributed by atoms with E-state index in [-0.39, 0.29) is 0 Å². The van der Waals surface area contributed by atoms with E-state index in [0.717, 1.165) is 17.8 Å². The third kappa shape index (κ3) is 4.12. The molecule has 2 aliphatic rings. The predicted octanol–water partition coefficient (Wildman–Crippen LogP) is 4.96. The molecule has 0 N–H and O–H groups in total. The molecule has 0 unspecified atom stereocenters. The first-order valence-electron chi connectivity index (χ1n) is 7.97. The van der Waals surface area contributed by atoms with Gasteiger partial charge in [0.05, 0.1) is 6.10 Å². The molecule has 2 fully saturated rings. The van der Waals surface area contributed by atoms with E-state index in [1.165, 1.54) is 64.2 Å². The van der Waals surface area contributed by atoms with Gasteiger partial charge >= 0.3 is 0 Å². The van der Waals surface area contributed by atoms with Gasteiger partial charge in [-0.25, -0.2) is 0 Å². The van der Waals surface area contributed by atoms with Crippen LogP contribution in [-0.2, 0) is 4.74 Å². The molecule has 0 saturated heterocycles. The van der Waals surface area contributed by atoms with Gasteiger partial charge in [0, 0.05) is 7.11 Å². The fraction of sp³-hybridized carbons (Fsp3) is 0.882. The van der Waals surface area contributed by atoms with Crippen molar-refractivity contribution < 1.29 is 4.74 Å². The fourth-order valence-electron chi connectivity index (χ4n) is 3.84. The van der Waals surface area contributed by atoms with Crippen LogP contribution in [0.15, 0.2) is 12.7 Å². The molecule has 0 aromatic heterocycles. The zero-order valence-electron chi connectivity index (χ0n) is 12.1. The highest BCUT2D eigenvalue weighted by atomic mass is 16.5. The number of ether oxygens (including phenoxy) is 1. The lowest BCUT2D eigenvalue weighted by atomic mass is 9.77. The molecule has 2 aliphatic carbocycles. The van der Waals surface area contributed by atoms with E-state index in [1.807, 2.05) is 7.11 Å². The minimum Gasteiger partial charge on any atom is -0.381 e. The summed E-state index contributed by atoms with van der Waals surface area (Å²) in [5, 5.41) is 0. The van der Waals surface area contributed by atoms with Gasteiger partial charge in [-0.1, -0.05) is 18.9 Å². The second-order valence-electron chi connectivity index (χ2n) is 6.47. The number of hydrogen-bond acceptors (Lipinski definition) is 1. The lowest BCUT2D eigenvalue weighted by Crippen LogP contribution is -2.21. The Bertz CT molecular complexity index is 232. The van der Waals surface area contributed by atoms with Crippen LogP contribution in [0, 0.1) is 17.8 Å². The molecule has 2 saturated carbocycles. The van der Waals surface area contributed by atoms with Crippen LogP contribution in [0.4, 0.5) is 0 Å². The van der Waals surface area contributed by atoms with E-state index in [0.29, 0.717) is 6.10 Å². The van der Waals surface area contributed by atoms with Crippen molar-refractivity contribution in [3.8, 4) is 0 Å². The highest BCUT2D eigenvalue weighted by Gasteiger charge is 2.23. The van der Waals surface area contributed by atoms with Crippen molar-refractivity contribution in [1.82, 2.24) is 0 Å². The molecule has 0 radical (unpaired) electrons. The summed E-state index contributed by atoms with van der Waals surface area (Å²) in [5.41, 5.74) is 0. The molecule has 0 aromatic rings. The highest BCUT2D eigenvalue weighted by Crippen LogP contribution is 2.35. The van der Waals surface area contributed by atoms with E-state index in [1.54, 1.807) is 0 Å². The van der Waals surface area contributed by atoms with Crippen molar-refractivity contribution in [3.05, 3.63) is 12.7 Å². The van der Waals surface area contributed by atoms with Crippen LogP contribution in [0.5, 0.6) is 0 Å². The van der Waals surface area contributed by atoms with Gasteiger partial charge in [0.25, 0.3) is 0 Å². The summed E-state index contributed by atoms with van der Waals surface area (Å²) >= 11 is 0. The Morgan fingerprint density at radius 2 is 1.39 bits per heavy atom. The first-order valence-corrected chi connectivity index (χ1v) is 7.97. The summed E-state index contributed by atoms with van der Waals surface area (Å²) in [6.07, 6.45) is 16.8. The van der Waals surface area contributed by atoms with E-state index in [2.05, 4.69) is 12.7 Å². The third-order valence-electron chi connectivity index (χ3n) is 5.34. The van der Waals surface area contributed by atoms with Crippen LogP contribution >= 0.6 is 0 Å². The van der Waals surface area contributed by atoms with Gasteiger partial charge in [-0.3, -0.25) is 0 Å². The average molecular weight is 250 g/mol. The van der Waals surface area contributed by atoms with Gasteiger partial charge in [-0.2, -0.15) is 0 Å². The second kappa shape index (κ2) is 7.33. The summed E-state index contributed by atoms with van der Waals surface area (Å²) < 4.78 is 5.45. The first-order chi connectivity index (χ1) is 8.81. The van der Waals surface area contributed by atoms with Crippen molar-refractivity contribution in [2.24, 2.45) is 17.8 Å². The van der Waals surface area contributed by atoms with Gasteiger partial charge in [0.1, 0.15) is 0 Å². The van der Waals surface area contributed by atoms with E-state index in [4.69, 9.17) is 4.74 Å². The topological polar surface area (TPSA) is 9.23 Å². The van der Waals surface area contributed by atoms with Crippen molar-refractivity contribution in [2.45, 2.75) is 70.3 Å². The van der Waals surface area contributed by atoms with Gasteiger partial charge in [-0.05, 0) is 69.1 Å². The first kappa shape index (κ1) is 14.1. The minimum atomic E-state index is 0.560. The fourth-order valence-corrected chi connectivity index (χ4v) is 3.84. The standard InChI is InChI=1S/C17H30O/c1-3-14-4-6-15(7-5-14)8-9-16-10-12-17(18-2)13-11-16/h3,14-17H,1,4-13H2,2H3. The van der Waals surface area contributed by atoms with Crippen LogP contribution in [0.2, 0.25) is 0 Å². The van der Waals surface area contributed by atoms with Crippen molar-refractivity contribution in [3.63, 3.8) is 0 Å². The van der Waals surface area contributed by atoms with Gasteiger partial charge in [-0.15, -0.1) is 6.58 Å². The second-order valence-corrected chi connectivity index (χ2v) is 6.47. The molecule has 0 amide bonds. The van der Waals surface area contributed by atoms with Gasteiger partial charge in [0.2, 0.25) is 0 Å². The van der Waals surface area contributed by atoms with Crippen LogP contribution in [0.3, 0.4) is 0 Å². The molecule has 0 bridgehead atoms. The summed E-state index contributed by atoms with van der Waals surface area (Å²) in [6, 6.07) is 0. The molecule has 2 rings (SSSR count). The minimum absolute atomic E-state index is 0.560. The molecule has 0 atom stereocenters. The molecule has 1 nitrogen and oxygen atoms in total. The number of rotatable bonds is 5. The molecule has 0 spiro atoms. The Morgan fingerprint density at radius 1 is 0.889 bits per heavy atom. The maximum atomic E-state index is 5.45. The number of hydrogen-bond donors (Lipinski definition) is 0. The molecule has 104 valence electrons. The lowest BCUT2D eigenvalue weighted by Gasteiger charge is -2.30. The molecule has 0 heterocycles. The maximum Gasteiger partial charge on any atom is 0.0571 e. The Balaban J connectivity index is 1.60. The van der Waals surface area contributed by atoms with Crippen LogP contribution in [-0.4, -0.2) is 13.2 Å². The Kier molecular flexibility index (Phi) is 5.75. The van der Waals surface area contributed by atoms with Crippen molar-refractivity contribution >= 4 is 0 Å². The zero-order valence-corrected chi connectivity index (χ0v) is 12.1. The molecule has 1 heteroatoms. The predicted molar refractivity (Wildman–Crippen MR) is 77.6 cm³/mol. The molecular formula is C17H30O. The Hall–Kier alpha value is -0.300. The number of allylic oxidation sites excluding steroid dienone is 1. The lowest BCUT2D eigenvalue weighted by molar-refractivity contribution is 0.0541. The average Bonchev–Trinajstić information content (AvgIpc) is 2.46. The van der Waals surface area contributed by atoms with Crippen molar-refractivity contribution in [2.75, 3.05) is 7.11 Å². The molecular weight excluding hydrogens is 220 g/mol. The summed E-state index contributed by atoms with van der Waals surface area (Å²) in [7, 11) is 1.86. The highest BCUT2D eigenvalue weighted by molar-refractivity contribution is 4.84. The normalized spacial score (nSPS) is 37.4. The molecule has 0 aliphatic heterocycles. The van der Waals surface area contributed by atoms with Crippen molar-refractivity contribution in [1.29, 1.82) is 0 Å². The van der Waals surface area contributed by atoms with E-state index in [9.17, 15) is 0 Å². The van der Waals surface area contributed by atoms with Crippen LogP contribution in [0.1, 0.15) is 64.2 Å². The maximum absolute atomic E-state index is 5.45. The zero-order chi connectivity index (χ0) is 12.8. The van der Waals surface area contributed by atoms with Crippen LogP contribution < -0.4 is 0 Å². The van der Waals surface area contributed by atoms with E-state index < -0.39 is 0 Å². The molecule has 0 aromatic carbocycles. The summed E-state index contributed by atoms with van der Waals surface area (Å²) in [5.74, 6) is 2.83. The number of methoxy groups -OCH3 is 1. The summed E-state index contributed by atoms with van der Waals surface area (Å²) in [4.78, 5) is 0. The smallest absolute Gasteiger partial charge is 0.0571 e. The molecule has 18 heavy (non-hydrogen) atoms. The largest absolute Gasteiger partial charge is 0.381 e. The third-order valence-corrected chi connectivity index (χ3v) is 5.34. The van der Waals surface area contributed by atoms with Gasteiger partial charge in [0.15, 0.2) is 0 Å². The van der Waals surface area contributed by atoms with Crippen LogP contribution in [0.25, 0.3) is 0 Å².